The van der Waals surface area contributed by atoms with Crippen LogP contribution in [0.2, 0.25) is 0 Å². The van der Waals surface area contributed by atoms with Gasteiger partial charge < -0.3 is 29.3 Å². The lowest BCUT2D eigenvalue weighted by Gasteiger charge is -2.20. The molecule has 4 aromatic rings. The number of hydrogen-bond donors (Lipinski definition) is 2. The number of amides is 1. The summed E-state index contributed by atoms with van der Waals surface area (Å²) in [7, 11) is 3.50. The molecule has 0 saturated carbocycles. The van der Waals surface area contributed by atoms with Gasteiger partial charge in [0, 0.05) is 17.1 Å². The maximum Gasteiger partial charge on any atom is 0.406 e. The Morgan fingerprint density at radius 1 is 1.18 bits per heavy atom. The monoisotopic (exact) mass is 558 g/mol. The van der Waals surface area contributed by atoms with Crippen LogP contribution in [0.15, 0.2) is 52.9 Å². The predicted octanol–water partition coefficient (Wildman–Crippen LogP) is 5.33. The molecule has 9 nitrogen and oxygen atoms in total. The van der Waals surface area contributed by atoms with E-state index in [0.717, 1.165) is 29.8 Å². The number of alkyl halides is 3. The molecule has 0 aliphatic carbocycles. The molecule has 1 atom stereocenters. The molecular formula is C28H33F3N6O3. The quantitative estimate of drug-likeness (QED) is 0.242. The Labute approximate surface area is 230 Å². The average Bonchev–Trinajstić information content (AvgIpc) is 3.54. The van der Waals surface area contributed by atoms with E-state index in [1.54, 1.807) is 42.5 Å². The van der Waals surface area contributed by atoms with Gasteiger partial charge in [0.25, 0.3) is 11.8 Å². The molecule has 1 amide bonds. The molecule has 2 N–H and O–H groups in total. The van der Waals surface area contributed by atoms with Gasteiger partial charge >= 0.3 is 6.18 Å². The Morgan fingerprint density at radius 2 is 1.95 bits per heavy atom. The lowest BCUT2D eigenvalue weighted by Crippen LogP contribution is -2.25. The third-order valence-electron chi connectivity index (χ3n) is 6.61. The minimum atomic E-state index is -4.48. The number of anilines is 1. The summed E-state index contributed by atoms with van der Waals surface area (Å²) < 4.78 is 53.0. The van der Waals surface area contributed by atoms with Gasteiger partial charge in [0.15, 0.2) is 0 Å². The zero-order chi connectivity index (χ0) is 28.9. The van der Waals surface area contributed by atoms with Gasteiger partial charge in [0.2, 0.25) is 5.89 Å². The normalized spacial score (nSPS) is 12.6. The topological polar surface area (TPSA) is 97.5 Å². The third-order valence-corrected chi connectivity index (χ3v) is 6.61. The lowest BCUT2D eigenvalue weighted by molar-refractivity contribution is -0.139. The van der Waals surface area contributed by atoms with Crippen molar-refractivity contribution in [2.75, 3.05) is 32.6 Å². The van der Waals surface area contributed by atoms with Crippen molar-refractivity contribution in [2.45, 2.75) is 45.6 Å². The number of para-hydroxylation sites is 1. The number of carbonyl (C=O) groups is 1. The first-order valence-electron chi connectivity index (χ1n) is 13.0. The van der Waals surface area contributed by atoms with Crippen LogP contribution in [0.25, 0.3) is 22.5 Å². The second kappa shape index (κ2) is 12.4. The standard InChI is InChI=1S/C28H33F3N6O3/c1-5-36(3)14-13-18(2)33-21-10-8-11-22-20(21)15-23(37(22)17-28(29,30)31)27-35-34-25(40-27)16-32-26(38)19-9-6-7-12-24(19)39-4/h6-12,15,18,33H,5,13-14,16-17H2,1-4H3,(H,32,38). The summed E-state index contributed by atoms with van der Waals surface area (Å²) in [6.45, 7) is 4.61. The molecule has 0 aliphatic rings. The summed E-state index contributed by atoms with van der Waals surface area (Å²) in [4.78, 5) is 14.8. The Bertz CT molecular complexity index is 1450. The summed E-state index contributed by atoms with van der Waals surface area (Å²) in [5, 5.41) is 14.7. The van der Waals surface area contributed by atoms with Crippen molar-refractivity contribution in [1.29, 1.82) is 0 Å². The van der Waals surface area contributed by atoms with Crippen LogP contribution in [0.3, 0.4) is 0 Å². The summed E-state index contributed by atoms with van der Waals surface area (Å²) >= 11 is 0. The highest BCUT2D eigenvalue weighted by Crippen LogP contribution is 2.35. The largest absolute Gasteiger partial charge is 0.496 e. The van der Waals surface area contributed by atoms with Crippen molar-refractivity contribution in [2.24, 2.45) is 0 Å². The molecule has 0 aliphatic heterocycles. The van der Waals surface area contributed by atoms with Crippen LogP contribution in [0.4, 0.5) is 18.9 Å². The Hall–Kier alpha value is -4.06. The molecule has 2 heterocycles. The molecule has 214 valence electrons. The number of halogens is 3. The second-order valence-corrected chi connectivity index (χ2v) is 9.58. The maximum atomic E-state index is 13.6. The minimum Gasteiger partial charge on any atom is -0.496 e. The van der Waals surface area contributed by atoms with E-state index in [1.807, 2.05) is 20.0 Å². The fourth-order valence-electron chi connectivity index (χ4n) is 4.36. The molecule has 0 radical (unpaired) electrons. The fraction of sp³-hybridized carbons (Fsp3) is 0.393. The lowest BCUT2D eigenvalue weighted by atomic mass is 10.1. The first-order valence-corrected chi connectivity index (χ1v) is 13.0. The summed E-state index contributed by atoms with van der Waals surface area (Å²) in [5.74, 6) is -0.0445. The zero-order valence-corrected chi connectivity index (χ0v) is 22.9. The fourth-order valence-corrected chi connectivity index (χ4v) is 4.36. The van der Waals surface area contributed by atoms with Crippen molar-refractivity contribution in [3.05, 3.63) is 60.0 Å². The molecule has 2 aromatic carbocycles. The number of rotatable bonds is 12. The van der Waals surface area contributed by atoms with Gasteiger partial charge in [0.1, 0.15) is 18.0 Å². The van der Waals surface area contributed by atoms with Crippen LogP contribution >= 0.6 is 0 Å². The Morgan fingerprint density at radius 3 is 2.67 bits per heavy atom. The van der Waals surface area contributed by atoms with Crippen LogP contribution in [0.1, 0.15) is 36.5 Å². The van der Waals surface area contributed by atoms with Crippen LogP contribution in [0.5, 0.6) is 5.75 Å². The molecule has 2 aromatic heterocycles. The smallest absolute Gasteiger partial charge is 0.406 e. The van der Waals surface area contributed by atoms with Gasteiger partial charge in [-0.25, -0.2) is 0 Å². The van der Waals surface area contributed by atoms with Gasteiger partial charge in [-0.05, 0) is 63.8 Å². The number of benzene rings is 2. The molecule has 0 bridgehead atoms. The van der Waals surface area contributed by atoms with E-state index in [2.05, 4.69) is 32.7 Å². The van der Waals surface area contributed by atoms with Gasteiger partial charge in [-0.2, -0.15) is 13.2 Å². The van der Waals surface area contributed by atoms with Crippen molar-refractivity contribution < 1.29 is 27.1 Å². The number of carbonyl (C=O) groups excluding carboxylic acids is 1. The highest BCUT2D eigenvalue weighted by atomic mass is 19.4. The minimum absolute atomic E-state index is 0.0501. The van der Waals surface area contributed by atoms with E-state index in [4.69, 9.17) is 9.15 Å². The van der Waals surface area contributed by atoms with Crippen molar-refractivity contribution >= 4 is 22.5 Å². The zero-order valence-electron chi connectivity index (χ0n) is 22.9. The van der Waals surface area contributed by atoms with Crippen molar-refractivity contribution in [3.63, 3.8) is 0 Å². The Kier molecular flexibility index (Phi) is 8.98. The van der Waals surface area contributed by atoms with E-state index in [-0.39, 0.29) is 30.1 Å². The molecule has 40 heavy (non-hydrogen) atoms. The summed E-state index contributed by atoms with van der Waals surface area (Å²) in [6, 6.07) is 13.6. The number of hydrogen-bond acceptors (Lipinski definition) is 7. The van der Waals surface area contributed by atoms with E-state index >= 15 is 0 Å². The molecular weight excluding hydrogens is 525 g/mol. The van der Waals surface area contributed by atoms with Gasteiger partial charge in [0.05, 0.1) is 24.7 Å². The summed E-state index contributed by atoms with van der Waals surface area (Å²) in [6.07, 6.45) is -3.61. The van der Waals surface area contributed by atoms with Gasteiger partial charge in [-0.15, -0.1) is 10.2 Å². The summed E-state index contributed by atoms with van der Waals surface area (Å²) in [5.41, 5.74) is 1.56. The van der Waals surface area contributed by atoms with E-state index in [9.17, 15) is 18.0 Å². The van der Waals surface area contributed by atoms with Crippen molar-refractivity contribution in [3.8, 4) is 17.3 Å². The van der Waals surface area contributed by atoms with E-state index < -0.39 is 18.6 Å². The number of nitrogens with one attached hydrogen (secondary N) is 2. The first-order chi connectivity index (χ1) is 19.1. The highest BCUT2D eigenvalue weighted by Gasteiger charge is 2.31. The van der Waals surface area contributed by atoms with Crippen LogP contribution in [0, 0.1) is 0 Å². The molecule has 0 spiro atoms. The SMILES string of the molecule is CCN(C)CCC(C)Nc1cccc2c1cc(-c1nnc(CNC(=O)c3ccccc3OC)o1)n2CC(F)(F)F. The molecule has 0 saturated heterocycles. The molecule has 1 unspecified atom stereocenters. The second-order valence-electron chi connectivity index (χ2n) is 9.58. The van der Waals surface area contributed by atoms with E-state index in [1.165, 1.54) is 7.11 Å². The number of fused-ring (bicyclic) bond motifs is 1. The number of ether oxygens (including phenoxy) is 1. The predicted molar refractivity (Wildman–Crippen MR) is 146 cm³/mol. The van der Waals surface area contributed by atoms with Crippen LogP contribution in [-0.2, 0) is 13.1 Å². The maximum absolute atomic E-state index is 13.6. The van der Waals surface area contributed by atoms with Crippen molar-refractivity contribution in [1.82, 2.24) is 25.0 Å². The molecule has 12 heteroatoms. The number of nitrogens with zero attached hydrogens (tertiary/aromatic N) is 4. The first kappa shape index (κ1) is 28.9. The van der Waals surface area contributed by atoms with Crippen LogP contribution in [-0.4, -0.2) is 65.0 Å². The number of methoxy groups -OCH3 is 1. The van der Waals surface area contributed by atoms with Crippen LogP contribution < -0.4 is 15.4 Å². The number of aromatic nitrogens is 3. The van der Waals surface area contributed by atoms with Gasteiger partial charge in [-0.1, -0.05) is 25.1 Å². The highest BCUT2D eigenvalue weighted by molar-refractivity contribution is 5.97. The Balaban J connectivity index is 1.59. The molecule has 0 fully saturated rings. The van der Waals surface area contributed by atoms with E-state index in [0.29, 0.717) is 22.2 Å². The van der Waals surface area contributed by atoms with Gasteiger partial charge in [-0.3, -0.25) is 4.79 Å². The molecule has 4 rings (SSSR count). The average molecular weight is 559 g/mol. The third kappa shape index (κ3) is 6.92.